The number of benzene rings is 1. The number of methoxy groups -OCH3 is 1. The largest absolute Gasteiger partial charge is 0.495 e. The molecule has 1 unspecified atom stereocenters. The molecule has 2 aliphatic rings. The zero-order valence-corrected chi connectivity index (χ0v) is 15.6. The van der Waals surface area contributed by atoms with Gasteiger partial charge in [0.15, 0.2) is 0 Å². The van der Waals surface area contributed by atoms with Crippen LogP contribution >= 0.6 is 0 Å². The van der Waals surface area contributed by atoms with Crippen LogP contribution in [0, 0.1) is 5.92 Å². The molecule has 0 aliphatic carbocycles. The number of amides is 1. The SMILES string of the molecule is COc1ccc(N2C(=O)C(C)CS2(=O)=O)cc1S(=O)(=O)N1CCCC1. The van der Waals surface area contributed by atoms with E-state index < -0.39 is 31.9 Å². The molecule has 1 atom stereocenters. The first-order valence-electron chi connectivity index (χ1n) is 7.93. The average molecular weight is 388 g/mol. The molecule has 3 rings (SSSR count). The van der Waals surface area contributed by atoms with Gasteiger partial charge in [-0.15, -0.1) is 0 Å². The van der Waals surface area contributed by atoms with E-state index in [0.717, 1.165) is 12.8 Å². The van der Waals surface area contributed by atoms with Crippen LogP contribution in [-0.4, -0.2) is 53.0 Å². The van der Waals surface area contributed by atoms with E-state index in [1.54, 1.807) is 0 Å². The summed E-state index contributed by atoms with van der Waals surface area (Å²) in [7, 11) is -6.29. The van der Waals surface area contributed by atoms with Crippen molar-refractivity contribution in [2.75, 3.05) is 30.3 Å². The Kier molecular flexibility index (Phi) is 4.54. The Labute approximate surface area is 147 Å². The zero-order valence-electron chi connectivity index (χ0n) is 14.0. The van der Waals surface area contributed by atoms with Crippen LogP contribution < -0.4 is 9.04 Å². The highest BCUT2D eigenvalue weighted by molar-refractivity contribution is 7.94. The van der Waals surface area contributed by atoms with Gasteiger partial charge in [0, 0.05) is 13.1 Å². The first-order chi connectivity index (χ1) is 11.7. The van der Waals surface area contributed by atoms with E-state index in [4.69, 9.17) is 4.74 Å². The molecule has 0 spiro atoms. The summed E-state index contributed by atoms with van der Waals surface area (Å²) in [5, 5.41) is 0. The van der Waals surface area contributed by atoms with E-state index in [1.165, 1.54) is 36.5 Å². The van der Waals surface area contributed by atoms with Gasteiger partial charge in [0.2, 0.25) is 26.0 Å². The number of carbonyl (C=O) groups excluding carboxylic acids is 1. The van der Waals surface area contributed by atoms with E-state index in [2.05, 4.69) is 0 Å². The highest BCUT2D eigenvalue weighted by atomic mass is 32.2. The highest BCUT2D eigenvalue weighted by Crippen LogP contribution is 2.35. The number of ether oxygens (including phenoxy) is 1. The van der Waals surface area contributed by atoms with Gasteiger partial charge in [-0.2, -0.15) is 4.31 Å². The van der Waals surface area contributed by atoms with Crippen molar-refractivity contribution in [3.05, 3.63) is 18.2 Å². The van der Waals surface area contributed by atoms with Gasteiger partial charge in [-0.3, -0.25) is 4.79 Å². The standard InChI is InChI=1S/C15H20N2O6S2/c1-11-10-24(19,20)17(15(11)18)12-5-6-13(23-2)14(9-12)25(21,22)16-7-3-4-8-16/h5-6,9,11H,3-4,7-8,10H2,1-2H3. The fraction of sp³-hybridized carbons (Fsp3) is 0.533. The lowest BCUT2D eigenvalue weighted by Gasteiger charge is -2.21. The van der Waals surface area contributed by atoms with Gasteiger partial charge in [-0.25, -0.2) is 21.1 Å². The molecule has 25 heavy (non-hydrogen) atoms. The quantitative estimate of drug-likeness (QED) is 0.756. The summed E-state index contributed by atoms with van der Waals surface area (Å²) in [6.45, 7) is 2.35. The van der Waals surface area contributed by atoms with E-state index in [-0.39, 0.29) is 22.1 Å². The number of hydrogen-bond donors (Lipinski definition) is 0. The average Bonchev–Trinajstić information content (AvgIpc) is 3.15. The molecule has 1 amide bonds. The van der Waals surface area contributed by atoms with Crippen molar-refractivity contribution < 1.29 is 26.4 Å². The molecule has 10 heteroatoms. The fourth-order valence-corrected chi connectivity index (χ4v) is 6.65. The molecule has 2 heterocycles. The highest BCUT2D eigenvalue weighted by Gasteiger charge is 2.42. The van der Waals surface area contributed by atoms with Crippen LogP contribution in [0.2, 0.25) is 0 Å². The van der Waals surface area contributed by atoms with Gasteiger partial charge in [-0.05, 0) is 31.0 Å². The maximum Gasteiger partial charge on any atom is 0.246 e. The van der Waals surface area contributed by atoms with Crippen LogP contribution in [0.5, 0.6) is 5.75 Å². The van der Waals surface area contributed by atoms with Crippen LogP contribution in [0.4, 0.5) is 5.69 Å². The third kappa shape index (κ3) is 3.02. The molecular formula is C15H20N2O6S2. The molecule has 1 aromatic rings. The van der Waals surface area contributed by atoms with Gasteiger partial charge in [0.25, 0.3) is 0 Å². The monoisotopic (exact) mass is 388 g/mol. The first-order valence-corrected chi connectivity index (χ1v) is 11.0. The summed E-state index contributed by atoms with van der Waals surface area (Å²) >= 11 is 0. The van der Waals surface area contributed by atoms with Crippen molar-refractivity contribution in [3.63, 3.8) is 0 Å². The molecule has 8 nitrogen and oxygen atoms in total. The molecule has 1 aromatic carbocycles. The normalized spacial score (nSPS) is 24.0. The van der Waals surface area contributed by atoms with Gasteiger partial charge in [0.05, 0.1) is 24.5 Å². The van der Waals surface area contributed by atoms with Crippen LogP contribution in [0.3, 0.4) is 0 Å². The Bertz CT molecular complexity index is 904. The second kappa shape index (κ2) is 6.26. The molecule has 2 aliphatic heterocycles. The molecule has 0 bridgehead atoms. The molecule has 2 fully saturated rings. The number of rotatable bonds is 4. The minimum atomic E-state index is -3.83. The van der Waals surface area contributed by atoms with Gasteiger partial charge >= 0.3 is 0 Å². The maximum absolute atomic E-state index is 12.9. The van der Waals surface area contributed by atoms with Crippen LogP contribution in [0.1, 0.15) is 19.8 Å². The van der Waals surface area contributed by atoms with E-state index >= 15 is 0 Å². The number of carbonyl (C=O) groups is 1. The Hall–Kier alpha value is -1.65. The first kappa shape index (κ1) is 18.2. The Balaban J connectivity index is 2.12. The molecule has 138 valence electrons. The summed E-state index contributed by atoms with van der Waals surface area (Å²) in [5.74, 6) is -1.39. The maximum atomic E-state index is 12.9. The summed E-state index contributed by atoms with van der Waals surface area (Å²) in [6.07, 6.45) is 1.55. The Morgan fingerprint density at radius 3 is 2.36 bits per heavy atom. The lowest BCUT2D eigenvalue weighted by Crippen LogP contribution is -2.31. The molecule has 0 N–H and O–H groups in total. The smallest absolute Gasteiger partial charge is 0.246 e. The Morgan fingerprint density at radius 2 is 1.84 bits per heavy atom. The van der Waals surface area contributed by atoms with E-state index in [1.807, 2.05) is 0 Å². The molecule has 2 saturated heterocycles. The number of sulfonamides is 2. The van der Waals surface area contributed by atoms with E-state index in [9.17, 15) is 21.6 Å². The fourth-order valence-electron chi connectivity index (χ4n) is 3.15. The van der Waals surface area contributed by atoms with Gasteiger partial charge in [0.1, 0.15) is 10.6 Å². The lowest BCUT2D eigenvalue weighted by atomic mass is 10.2. The van der Waals surface area contributed by atoms with Crippen molar-refractivity contribution in [2.45, 2.75) is 24.7 Å². The molecule has 0 radical (unpaired) electrons. The lowest BCUT2D eigenvalue weighted by molar-refractivity contribution is -0.119. The predicted molar refractivity (Wildman–Crippen MR) is 91.4 cm³/mol. The minimum absolute atomic E-state index is 0.0212. The van der Waals surface area contributed by atoms with Crippen molar-refractivity contribution in [2.24, 2.45) is 5.92 Å². The van der Waals surface area contributed by atoms with Gasteiger partial charge in [-0.1, -0.05) is 6.92 Å². The summed E-state index contributed by atoms with van der Waals surface area (Å²) in [6, 6.07) is 3.97. The Morgan fingerprint density at radius 1 is 1.20 bits per heavy atom. The van der Waals surface area contributed by atoms with Crippen LogP contribution in [0.25, 0.3) is 0 Å². The second-order valence-electron chi connectivity index (χ2n) is 6.23. The third-order valence-electron chi connectivity index (χ3n) is 4.43. The summed E-state index contributed by atoms with van der Waals surface area (Å²) < 4.78 is 57.5. The van der Waals surface area contributed by atoms with Crippen molar-refractivity contribution in [3.8, 4) is 5.75 Å². The third-order valence-corrected chi connectivity index (χ3v) is 8.21. The topological polar surface area (TPSA) is 101 Å². The summed E-state index contributed by atoms with van der Waals surface area (Å²) in [4.78, 5) is 12.1. The molecule has 0 aromatic heterocycles. The summed E-state index contributed by atoms with van der Waals surface area (Å²) in [5.41, 5.74) is 0.0212. The van der Waals surface area contributed by atoms with Crippen molar-refractivity contribution >= 4 is 31.6 Å². The second-order valence-corrected chi connectivity index (χ2v) is 10.00. The van der Waals surface area contributed by atoms with Crippen molar-refractivity contribution in [1.82, 2.24) is 4.31 Å². The number of hydrogen-bond acceptors (Lipinski definition) is 6. The predicted octanol–water partition coefficient (Wildman–Crippen LogP) is 0.792. The van der Waals surface area contributed by atoms with Gasteiger partial charge < -0.3 is 4.74 Å². The van der Waals surface area contributed by atoms with Crippen LogP contribution in [-0.2, 0) is 24.8 Å². The van der Waals surface area contributed by atoms with E-state index in [0.29, 0.717) is 17.4 Å². The zero-order chi connectivity index (χ0) is 18.4. The molecule has 0 saturated carbocycles. The minimum Gasteiger partial charge on any atom is -0.495 e. The molecular weight excluding hydrogens is 368 g/mol. The van der Waals surface area contributed by atoms with Crippen LogP contribution in [0.15, 0.2) is 23.1 Å². The number of nitrogens with zero attached hydrogens (tertiary/aromatic N) is 2. The van der Waals surface area contributed by atoms with Crippen molar-refractivity contribution in [1.29, 1.82) is 0 Å². The number of anilines is 1.